The predicted octanol–water partition coefficient (Wildman–Crippen LogP) is 4.12. The number of sulfonamides is 1. The van der Waals surface area contributed by atoms with E-state index in [4.69, 9.17) is 23.2 Å². The molecule has 1 aliphatic heterocycles. The molecule has 0 radical (unpaired) electrons. The summed E-state index contributed by atoms with van der Waals surface area (Å²) in [7, 11) is -3.13. The maximum Gasteiger partial charge on any atom is 0.251 e. The van der Waals surface area contributed by atoms with E-state index in [2.05, 4.69) is 10.2 Å². The van der Waals surface area contributed by atoms with Crippen molar-refractivity contribution in [3.63, 3.8) is 0 Å². The van der Waals surface area contributed by atoms with Gasteiger partial charge in [-0.15, -0.1) is 0 Å². The molecule has 1 N–H and O–H groups in total. The largest absolute Gasteiger partial charge is 0.351 e. The van der Waals surface area contributed by atoms with E-state index in [9.17, 15) is 13.2 Å². The van der Waals surface area contributed by atoms with Crippen LogP contribution in [0.3, 0.4) is 0 Å². The van der Waals surface area contributed by atoms with Crippen LogP contribution < -0.4 is 5.32 Å². The van der Waals surface area contributed by atoms with Crippen molar-refractivity contribution in [2.45, 2.75) is 19.2 Å². The third kappa shape index (κ3) is 7.87. The lowest BCUT2D eigenvalue weighted by molar-refractivity contribution is 0.0956. The molecule has 180 valence electrons. The Morgan fingerprint density at radius 1 is 1.03 bits per heavy atom. The van der Waals surface area contributed by atoms with Gasteiger partial charge in [-0.2, -0.15) is 16.1 Å². The molecule has 1 aliphatic rings. The zero-order valence-electron chi connectivity index (χ0n) is 18.6. The molecule has 0 unspecified atom stereocenters. The van der Waals surface area contributed by atoms with Gasteiger partial charge in [0.05, 0.1) is 15.8 Å². The second-order valence-corrected chi connectivity index (χ2v) is 12.0. The summed E-state index contributed by atoms with van der Waals surface area (Å²) in [6.45, 7) is 5.33. The van der Waals surface area contributed by atoms with Gasteiger partial charge in [0.25, 0.3) is 5.91 Å². The predicted molar refractivity (Wildman–Crippen MR) is 138 cm³/mol. The summed E-state index contributed by atoms with van der Waals surface area (Å²) in [4.78, 5) is 14.8. The number of carbonyl (C=O) groups is 1. The van der Waals surface area contributed by atoms with Crippen LogP contribution in [0.2, 0.25) is 10.0 Å². The van der Waals surface area contributed by atoms with Crippen LogP contribution in [0.15, 0.2) is 42.5 Å². The minimum absolute atomic E-state index is 0.0918. The Morgan fingerprint density at radius 3 is 2.48 bits per heavy atom. The van der Waals surface area contributed by atoms with Gasteiger partial charge in [0, 0.05) is 56.3 Å². The van der Waals surface area contributed by atoms with Crippen LogP contribution in [0, 0.1) is 0 Å². The van der Waals surface area contributed by atoms with Crippen molar-refractivity contribution >= 4 is 50.9 Å². The molecule has 1 fully saturated rings. The monoisotopic (exact) mass is 529 g/mol. The molecule has 0 atom stereocenters. The fraction of sp³-hybridized carbons (Fsp3) is 0.435. The molecule has 33 heavy (non-hydrogen) atoms. The lowest BCUT2D eigenvalue weighted by Gasteiger charge is -2.33. The summed E-state index contributed by atoms with van der Waals surface area (Å²) in [5, 5.41) is 4.07. The molecule has 0 saturated carbocycles. The Kier molecular flexibility index (Phi) is 9.91. The molecule has 10 heteroatoms. The molecule has 1 heterocycles. The third-order valence-corrected chi connectivity index (χ3v) is 9.12. The summed E-state index contributed by atoms with van der Waals surface area (Å²) in [6, 6.07) is 13.2. The first kappa shape index (κ1) is 26.3. The molecule has 0 aromatic heterocycles. The number of piperazine rings is 1. The summed E-state index contributed by atoms with van der Waals surface area (Å²) in [5.41, 5.74) is 2.78. The number of nitrogens with one attached hydrogen (secondary N) is 1. The van der Waals surface area contributed by atoms with E-state index in [0.29, 0.717) is 54.9 Å². The molecule has 2 aromatic carbocycles. The molecule has 0 spiro atoms. The van der Waals surface area contributed by atoms with Gasteiger partial charge in [-0.25, -0.2) is 8.42 Å². The maximum atomic E-state index is 12.6. The van der Waals surface area contributed by atoms with Crippen molar-refractivity contribution in [1.82, 2.24) is 14.5 Å². The van der Waals surface area contributed by atoms with Crippen LogP contribution in [0.1, 0.15) is 28.4 Å². The third-order valence-electron chi connectivity index (χ3n) is 5.47. The lowest BCUT2D eigenvalue weighted by atomic mass is 10.1. The number of thioether (sulfide) groups is 1. The molecule has 0 aliphatic carbocycles. The minimum Gasteiger partial charge on any atom is -0.351 e. The summed E-state index contributed by atoms with van der Waals surface area (Å²) < 4.78 is 25.6. The average molecular weight is 531 g/mol. The van der Waals surface area contributed by atoms with Crippen LogP contribution in [0.5, 0.6) is 0 Å². The topological polar surface area (TPSA) is 69.7 Å². The highest BCUT2D eigenvalue weighted by atomic mass is 35.5. The maximum absolute atomic E-state index is 12.6. The fourth-order valence-electron chi connectivity index (χ4n) is 3.58. The normalized spacial score (nSPS) is 15.5. The Hall–Kier alpha value is -1.29. The van der Waals surface area contributed by atoms with E-state index in [0.717, 1.165) is 22.6 Å². The summed E-state index contributed by atoms with van der Waals surface area (Å²) in [6.07, 6.45) is 0. The Bertz CT molecular complexity index is 1060. The first-order chi connectivity index (χ1) is 15.8. The quantitative estimate of drug-likeness (QED) is 0.468. The van der Waals surface area contributed by atoms with E-state index in [1.165, 1.54) is 0 Å². The molecule has 1 amide bonds. The molecular formula is C23H29Cl2N3O3S2. The van der Waals surface area contributed by atoms with E-state index < -0.39 is 10.0 Å². The number of benzene rings is 2. The van der Waals surface area contributed by atoms with Crippen molar-refractivity contribution in [2.75, 3.05) is 44.2 Å². The van der Waals surface area contributed by atoms with Gasteiger partial charge in [0.1, 0.15) is 0 Å². The number of amides is 1. The van der Waals surface area contributed by atoms with Crippen LogP contribution in [0.4, 0.5) is 0 Å². The van der Waals surface area contributed by atoms with E-state index in [1.807, 2.05) is 36.4 Å². The van der Waals surface area contributed by atoms with E-state index >= 15 is 0 Å². The van der Waals surface area contributed by atoms with E-state index in [1.54, 1.807) is 29.1 Å². The van der Waals surface area contributed by atoms with Crippen molar-refractivity contribution in [2.24, 2.45) is 0 Å². The van der Waals surface area contributed by atoms with Gasteiger partial charge < -0.3 is 5.32 Å². The molecule has 0 bridgehead atoms. The number of carbonyl (C=O) groups excluding carboxylic acids is 1. The smallest absolute Gasteiger partial charge is 0.251 e. The highest BCUT2D eigenvalue weighted by Crippen LogP contribution is 2.24. The number of nitrogens with zero attached hydrogens (tertiary/aromatic N) is 2. The van der Waals surface area contributed by atoms with Gasteiger partial charge >= 0.3 is 0 Å². The van der Waals surface area contributed by atoms with Gasteiger partial charge in [0.2, 0.25) is 10.0 Å². The number of halogens is 2. The zero-order valence-corrected chi connectivity index (χ0v) is 21.7. The van der Waals surface area contributed by atoms with Gasteiger partial charge in [0.15, 0.2) is 0 Å². The van der Waals surface area contributed by atoms with Gasteiger partial charge in [-0.05, 0) is 42.3 Å². The Morgan fingerprint density at radius 2 is 1.79 bits per heavy atom. The first-order valence-corrected chi connectivity index (χ1v) is 14.4. The minimum atomic E-state index is -3.13. The van der Waals surface area contributed by atoms with Crippen LogP contribution in [-0.4, -0.2) is 67.8 Å². The average Bonchev–Trinajstić information content (AvgIpc) is 2.81. The first-order valence-electron chi connectivity index (χ1n) is 10.9. The van der Waals surface area contributed by atoms with Crippen molar-refractivity contribution in [3.8, 4) is 0 Å². The zero-order chi connectivity index (χ0) is 23.8. The SMILES string of the molecule is CCS(=O)(=O)N1CCN(Cc2cccc(C(=O)NCCSCc3ccc(Cl)c(Cl)c3)c2)CC1. The van der Waals surface area contributed by atoms with E-state index in [-0.39, 0.29) is 11.7 Å². The number of hydrogen-bond acceptors (Lipinski definition) is 5. The summed E-state index contributed by atoms with van der Waals surface area (Å²) in [5.74, 6) is 1.63. The molecule has 1 saturated heterocycles. The molecular weight excluding hydrogens is 501 g/mol. The van der Waals surface area contributed by atoms with Crippen molar-refractivity contribution in [3.05, 3.63) is 69.2 Å². The van der Waals surface area contributed by atoms with Crippen LogP contribution in [0.25, 0.3) is 0 Å². The van der Waals surface area contributed by atoms with Gasteiger partial charge in [-0.3, -0.25) is 9.69 Å². The Balaban J connectivity index is 1.41. The fourth-order valence-corrected chi connectivity index (χ4v) is 5.79. The van der Waals surface area contributed by atoms with Crippen LogP contribution >= 0.6 is 35.0 Å². The number of hydrogen-bond donors (Lipinski definition) is 1. The Labute approximate surface area is 210 Å². The van der Waals surface area contributed by atoms with Gasteiger partial charge in [-0.1, -0.05) is 41.4 Å². The number of rotatable bonds is 10. The second-order valence-electron chi connectivity index (χ2n) is 7.83. The summed E-state index contributed by atoms with van der Waals surface area (Å²) >= 11 is 13.7. The molecule has 6 nitrogen and oxygen atoms in total. The van der Waals surface area contributed by atoms with Crippen molar-refractivity contribution < 1.29 is 13.2 Å². The molecule has 2 aromatic rings. The van der Waals surface area contributed by atoms with Crippen LogP contribution in [-0.2, 0) is 22.3 Å². The highest BCUT2D eigenvalue weighted by Gasteiger charge is 2.25. The lowest BCUT2D eigenvalue weighted by Crippen LogP contribution is -2.48. The molecule has 3 rings (SSSR count). The highest BCUT2D eigenvalue weighted by molar-refractivity contribution is 7.98. The standard InChI is InChI=1S/C23H29Cl2N3O3S2/c1-2-33(30,31)28-11-9-27(10-12-28)16-18-4-3-5-20(14-18)23(29)26-8-13-32-17-19-6-7-21(24)22(25)15-19/h3-7,14-15H,2,8-13,16-17H2,1H3,(H,26,29). The second kappa shape index (κ2) is 12.4. The van der Waals surface area contributed by atoms with Crippen molar-refractivity contribution in [1.29, 1.82) is 0 Å².